The number of aliphatic hydroxyl groups excluding tert-OH is 1. The summed E-state index contributed by atoms with van der Waals surface area (Å²) < 4.78 is 10.6. The molecule has 7 nitrogen and oxygen atoms in total. The molecule has 2 N–H and O–H groups in total. The molecular weight excluding hydrogens is 334 g/mol. The van der Waals surface area contributed by atoms with Crippen LogP contribution in [0.2, 0.25) is 0 Å². The van der Waals surface area contributed by atoms with Gasteiger partial charge in [-0.15, -0.1) is 0 Å². The number of cyclic esters (lactones) is 1. The number of aromatic amines is 1. The summed E-state index contributed by atoms with van der Waals surface area (Å²) >= 11 is 0. The highest BCUT2D eigenvalue weighted by atomic mass is 16.6. The van der Waals surface area contributed by atoms with Crippen molar-refractivity contribution in [2.24, 2.45) is 0 Å². The van der Waals surface area contributed by atoms with Gasteiger partial charge in [-0.2, -0.15) is 0 Å². The van der Waals surface area contributed by atoms with Crippen LogP contribution in [0.3, 0.4) is 0 Å². The minimum absolute atomic E-state index is 0.140. The summed E-state index contributed by atoms with van der Waals surface area (Å²) in [6.07, 6.45) is -0.811. The van der Waals surface area contributed by atoms with Crippen LogP contribution in [-0.2, 0) is 4.74 Å². The highest BCUT2D eigenvalue weighted by molar-refractivity contribution is 5.95. The van der Waals surface area contributed by atoms with Crippen LogP contribution >= 0.6 is 0 Å². The Hall–Kier alpha value is -3.06. The summed E-state index contributed by atoms with van der Waals surface area (Å²) in [6, 6.07) is 11.4. The molecule has 0 saturated carbocycles. The Morgan fingerprint density at radius 1 is 1.31 bits per heavy atom. The van der Waals surface area contributed by atoms with Gasteiger partial charge < -0.3 is 19.6 Å². The Morgan fingerprint density at radius 3 is 2.77 bits per heavy atom. The van der Waals surface area contributed by atoms with Crippen LogP contribution < -0.4 is 9.64 Å². The van der Waals surface area contributed by atoms with Crippen molar-refractivity contribution in [3.63, 3.8) is 0 Å². The average molecular weight is 353 g/mol. The Kier molecular flexibility index (Phi) is 4.00. The molecule has 7 heteroatoms. The largest absolute Gasteiger partial charge is 0.497 e. The fourth-order valence-corrected chi connectivity index (χ4v) is 3.20. The normalized spacial score (nSPS) is 16.5. The number of nitrogens with zero attached hydrogens (tertiary/aromatic N) is 2. The molecule has 134 valence electrons. The van der Waals surface area contributed by atoms with Crippen molar-refractivity contribution in [1.82, 2.24) is 9.97 Å². The molecule has 0 radical (unpaired) electrons. The lowest BCUT2D eigenvalue weighted by Gasteiger charge is -2.32. The van der Waals surface area contributed by atoms with Crippen LogP contribution in [-0.4, -0.2) is 41.4 Å². The van der Waals surface area contributed by atoms with Crippen LogP contribution in [0.15, 0.2) is 36.4 Å². The van der Waals surface area contributed by atoms with Gasteiger partial charge in [0.1, 0.15) is 17.7 Å². The van der Waals surface area contributed by atoms with E-state index in [0.717, 1.165) is 39.4 Å². The van der Waals surface area contributed by atoms with E-state index in [1.807, 2.05) is 43.3 Å². The van der Waals surface area contributed by atoms with Gasteiger partial charge in [0.25, 0.3) is 0 Å². The number of anilines is 1. The van der Waals surface area contributed by atoms with Crippen LogP contribution in [0.25, 0.3) is 22.4 Å². The molecule has 3 aromatic rings. The van der Waals surface area contributed by atoms with Crippen molar-refractivity contribution in [1.29, 1.82) is 0 Å². The summed E-state index contributed by atoms with van der Waals surface area (Å²) in [5, 5.41) is 9.26. The molecule has 1 amide bonds. The van der Waals surface area contributed by atoms with Crippen molar-refractivity contribution in [3.8, 4) is 17.1 Å². The molecule has 0 saturated heterocycles. The molecule has 0 spiro atoms. The predicted molar refractivity (Wildman–Crippen MR) is 97.4 cm³/mol. The minimum Gasteiger partial charge on any atom is -0.497 e. The zero-order valence-electron chi connectivity index (χ0n) is 14.5. The van der Waals surface area contributed by atoms with Gasteiger partial charge in [-0.25, -0.2) is 9.78 Å². The number of carbonyl (C=O) groups is 1. The fraction of sp³-hybridized carbons (Fsp3) is 0.263. The van der Waals surface area contributed by atoms with Gasteiger partial charge in [-0.05, 0) is 43.3 Å². The topological polar surface area (TPSA) is 87.7 Å². The van der Waals surface area contributed by atoms with Gasteiger partial charge in [0.05, 0.1) is 37.0 Å². The molecule has 0 bridgehead atoms. The van der Waals surface area contributed by atoms with E-state index in [0.29, 0.717) is 0 Å². The molecule has 4 rings (SSSR count). The number of aliphatic hydroxyl groups is 1. The first-order valence-corrected chi connectivity index (χ1v) is 8.38. The smallest absolute Gasteiger partial charge is 0.414 e. The first kappa shape index (κ1) is 16.4. The predicted octanol–water partition coefficient (Wildman–Crippen LogP) is 3.25. The molecule has 0 aliphatic carbocycles. The first-order chi connectivity index (χ1) is 12.6. The van der Waals surface area contributed by atoms with Gasteiger partial charge >= 0.3 is 6.09 Å². The number of aromatic nitrogens is 2. The van der Waals surface area contributed by atoms with Crippen molar-refractivity contribution < 1.29 is 19.4 Å². The number of ether oxygens (including phenoxy) is 2. The summed E-state index contributed by atoms with van der Waals surface area (Å²) in [4.78, 5) is 21.5. The Morgan fingerprint density at radius 2 is 2.08 bits per heavy atom. The zero-order chi connectivity index (χ0) is 18.3. The van der Waals surface area contributed by atoms with E-state index in [9.17, 15) is 9.90 Å². The lowest BCUT2D eigenvalue weighted by Crippen LogP contribution is -2.38. The molecule has 2 heterocycles. The number of imidazole rings is 1. The molecule has 2 aromatic carbocycles. The maximum absolute atomic E-state index is 12.1. The molecule has 0 fully saturated rings. The molecule has 1 unspecified atom stereocenters. The fourth-order valence-electron chi connectivity index (χ4n) is 3.20. The number of amides is 1. The second kappa shape index (κ2) is 6.34. The van der Waals surface area contributed by atoms with Crippen molar-refractivity contribution in [2.45, 2.75) is 13.0 Å². The first-order valence-electron chi connectivity index (χ1n) is 8.38. The number of methoxy groups -OCH3 is 1. The number of nitrogens with one attached hydrogen (secondary N) is 1. The summed E-state index contributed by atoms with van der Waals surface area (Å²) in [7, 11) is 1.63. The van der Waals surface area contributed by atoms with Crippen LogP contribution in [0.1, 0.15) is 18.6 Å². The number of hydrogen-bond donors (Lipinski definition) is 2. The third-order valence-electron chi connectivity index (χ3n) is 4.54. The second-order valence-corrected chi connectivity index (χ2v) is 6.14. The van der Waals surface area contributed by atoms with Crippen molar-refractivity contribution in [2.75, 3.05) is 25.2 Å². The monoisotopic (exact) mass is 353 g/mol. The molecule has 1 aromatic heterocycles. The van der Waals surface area contributed by atoms with Gasteiger partial charge in [0.15, 0.2) is 0 Å². The number of H-pyrrole nitrogens is 1. The van der Waals surface area contributed by atoms with Gasteiger partial charge in [-0.1, -0.05) is 0 Å². The number of carbonyl (C=O) groups excluding carboxylic acids is 1. The number of fused-ring (bicyclic) bond motifs is 2. The van der Waals surface area contributed by atoms with Crippen LogP contribution in [0.5, 0.6) is 5.75 Å². The van der Waals surface area contributed by atoms with E-state index in [4.69, 9.17) is 9.47 Å². The van der Waals surface area contributed by atoms with Crippen LogP contribution in [0, 0.1) is 0 Å². The second-order valence-electron chi connectivity index (χ2n) is 6.14. The SMILES string of the molecule is COc1ccc(-c2nc3cc4c(cc3[nH]2)C(C)OC(=O)N4CCO)cc1. The number of β-amino-alcohol motifs (C(OH)–C–C–N with tert-alkyl or cyclic N) is 1. The average Bonchev–Trinajstić information content (AvgIpc) is 3.07. The highest BCUT2D eigenvalue weighted by Gasteiger charge is 2.31. The Bertz CT molecular complexity index is 965. The number of rotatable bonds is 4. The minimum atomic E-state index is -0.454. The van der Waals surface area contributed by atoms with E-state index < -0.39 is 6.09 Å². The summed E-state index contributed by atoms with van der Waals surface area (Å²) in [5.41, 5.74) is 4.16. The third kappa shape index (κ3) is 2.66. The van der Waals surface area contributed by atoms with E-state index in [-0.39, 0.29) is 19.3 Å². The molecule has 1 aliphatic rings. The molecule has 1 atom stereocenters. The van der Waals surface area contributed by atoms with E-state index in [2.05, 4.69) is 9.97 Å². The number of hydrogen-bond acceptors (Lipinski definition) is 5. The highest BCUT2D eigenvalue weighted by Crippen LogP contribution is 2.37. The van der Waals surface area contributed by atoms with E-state index >= 15 is 0 Å². The lowest BCUT2D eigenvalue weighted by molar-refractivity contribution is 0.106. The van der Waals surface area contributed by atoms with E-state index in [1.54, 1.807) is 7.11 Å². The molecule has 26 heavy (non-hydrogen) atoms. The molecular formula is C19H19N3O4. The van der Waals surface area contributed by atoms with Crippen molar-refractivity contribution >= 4 is 22.8 Å². The standard InChI is InChI=1S/C19H19N3O4/c1-11-14-9-15-16(10-17(14)22(7-8-23)19(24)26-11)21-18(20-15)12-3-5-13(25-2)6-4-12/h3-6,9-11,23H,7-8H2,1-2H3,(H,20,21). The third-order valence-corrected chi connectivity index (χ3v) is 4.54. The van der Waals surface area contributed by atoms with Crippen LogP contribution in [0.4, 0.5) is 10.5 Å². The maximum Gasteiger partial charge on any atom is 0.414 e. The van der Waals surface area contributed by atoms with Crippen molar-refractivity contribution in [3.05, 3.63) is 42.0 Å². The maximum atomic E-state index is 12.1. The van der Waals surface area contributed by atoms with E-state index in [1.165, 1.54) is 4.90 Å². The quantitative estimate of drug-likeness (QED) is 0.752. The van der Waals surface area contributed by atoms with Gasteiger partial charge in [0, 0.05) is 11.1 Å². The molecule has 1 aliphatic heterocycles. The zero-order valence-corrected chi connectivity index (χ0v) is 14.5. The lowest BCUT2D eigenvalue weighted by atomic mass is 10.0. The summed E-state index contributed by atoms with van der Waals surface area (Å²) in [5.74, 6) is 1.52. The van der Waals surface area contributed by atoms with Gasteiger partial charge in [-0.3, -0.25) is 4.90 Å². The number of benzene rings is 2. The Balaban J connectivity index is 1.80. The Labute approximate surface area is 150 Å². The van der Waals surface area contributed by atoms with Gasteiger partial charge in [0.2, 0.25) is 0 Å². The summed E-state index contributed by atoms with van der Waals surface area (Å²) in [6.45, 7) is 1.87.